The Morgan fingerprint density at radius 1 is 1.20 bits per heavy atom. The fraction of sp³-hybridized carbons (Fsp3) is 0.909. The minimum atomic E-state index is 0.108. The number of unbranched alkanes of at least 4 members (excludes halogenated alkanes) is 1. The first-order valence-electron chi connectivity index (χ1n) is 5.86. The summed E-state index contributed by atoms with van der Waals surface area (Å²) in [4.78, 5) is 11.0. The summed E-state index contributed by atoms with van der Waals surface area (Å²) in [5.41, 5.74) is 0. The van der Waals surface area contributed by atoms with Crippen molar-refractivity contribution in [2.24, 2.45) is 0 Å². The highest BCUT2D eigenvalue weighted by Crippen LogP contribution is 1.86. The van der Waals surface area contributed by atoms with Crippen LogP contribution in [0.25, 0.3) is 0 Å². The van der Waals surface area contributed by atoms with Crippen LogP contribution >= 0.6 is 0 Å². The lowest BCUT2D eigenvalue weighted by Crippen LogP contribution is -2.28. The van der Waals surface area contributed by atoms with Gasteiger partial charge in [0.15, 0.2) is 0 Å². The predicted octanol–water partition coefficient (Wildman–Crippen LogP) is 0.919. The summed E-state index contributed by atoms with van der Waals surface area (Å²) >= 11 is 0. The maximum Gasteiger partial charge on any atom is 0.221 e. The molecule has 0 aliphatic heterocycles. The molecular weight excluding hydrogens is 192 g/mol. The molecule has 0 rings (SSSR count). The predicted molar refractivity (Wildman–Crippen MR) is 61.9 cm³/mol. The van der Waals surface area contributed by atoms with E-state index in [-0.39, 0.29) is 5.91 Å². The van der Waals surface area contributed by atoms with Crippen LogP contribution in [0.4, 0.5) is 0 Å². The molecule has 0 bridgehead atoms. The molecule has 0 aromatic rings. The highest BCUT2D eigenvalue weighted by molar-refractivity contribution is 5.75. The van der Waals surface area contributed by atoms with Crippen molar-refractivity contribution in [2.75, 3.05) is 32.8 Å². The number of amides is 1. The SMILES string of the molecule is CCCCOCCNCCC(=O)NCC. The number of hydrogen-bond donors (Lipinski definition) is 2. The number of carbonyl (C=O) groups is 1. The number of carbonyl (C=O) groups excluding carboxylic acids is 1. The summed E-state index contributed by atoms with van der Waals surface area (Å²) in [5.74, 6) is 0.108. The summed E-state index contributed by atoms with van der Waals surface area (Å²) in [6.07, 6.45) is 2.84. The zero-order valence-electron chi connectivity index (χ0n) is 9.97. The van der Waals surface area contributed by atoms with E-state index in [1.54, 1.807) is 0 Å². The van der Waals surface area contributed by atoms with Crippen LogP contribution < -0.4 is 10.6 Å². The first kappa shape index (κ1) is 14.4. The van der Waals surface area contributed by atoms with Gasteiger partial charge in [-0.25, -0.2) is 0 Å². The van der Waals surface area contributed by atoms with Crippen molar-refractivity contribution in [1.29, 1.82) is 0 Å². The van der Waals surface area contributed by atoms with Crippen LogP contribution in [-0.2, 0) is 9.53 Å². The molecule has 0 aliphatic rings. The Hall–Kier alpha value is -0.610. The van der Waals surface area contributed by atoms with Crippen LogP contribution in [0.1, 0.15) is 33.1 Å². The average Bonchev–Trinajstić information content (AvgIpc) is 2.22. The van der Waals surface area contributed by atoms with E-state index in [0.29, 0.717) is 13.0 Å². The highest BCUT2D eigenvalue weighted by atomic mass is 16.5. The van der Waals surface area contributed by atoms with Crippen molar-refractivity contribution in [3.63, 3.8) is 0 Å². The van der Waals surface area contributed by atoms with Gasteiger partial charge in [0.2, 0.25) is 5.91 Å². The maximum atomic E-state index is 11.0. The van der Waals surface area contributed by atoms with Crippen molar-refractivity contribution < 1.29 is 9.53 Å². The van der Waals surface area contributed by atoms with Crippen molar-refractivity contribution in [3.8, 4) is 0 Å². The van der Waals surface area contributed by atoms with Gasteiger partial charge in [-0.15, -0.1) is 0 Å². The molecule has 0 radical (unpaired) electrons. The second-order valence-electron chi connectivity index (χ2n) is 3.42. The first-order valence-corrected chi connectivity index (χ1v) is 5.86. The second-order valence-corrected chi connectivity index (χ2v) is 3.42. The Kier molecular flexibility index (Phi) is 11.0. The Morgan fingerprint density at radius 3 is 2.67 bits per heavy atom. The molecule has 0 aromatic heterocycles. The van der Waals surface area contributed by atoms with E-state index in [9.17, 15) is 4.79 Å². The number of rotatable bonds is 10. The van der Waals surface area contributed by atoms with Crippen LogP contribution in [0, 0.1) is 0 Å². The lowest BCUT2D eigenvalue weighted by Gasteiger charge is -2.05. The molecule has 0 unspecified atom stereocenters. The largest absolute Gasteiger partial charge is 0.380 e. The van der Waals surface area contributed by atoms with Crippen LogP contribution in [0.5, 0.6) is 0 Å². The summed E-state index contributed by atoms with van der Waals surface area (Å²) in [7, 11) is 0. The molecule has 0 saturated heterocycles. The van der Waals surface area contributed by atoms with Gasteiger partial charge in [-0.05, 0) is 13.3 Å². The molecule has 0 fully saturated rings. The van der Waals surface area contributed by atoms with Crippen molar-refractivity contribution >= 4 is 5.91 Å². The van der Waals surface area contributed by atoms with Gasteiger partial charge in [-0.3, -0.25) is 4.79 Å². The van der Waals surface area contributed by atoms with E-state index in [1.165, 1.54) is 6.42 Å². The summed E-state index contributed by atoms with van der Waals surface area (Å²) in [6, 6.07) is 0. The van der Waals surface area contributed by atoms with Gasteiger partial charge in [-0.1, -0.05) is 13.3 Å². The maximum absolute atomic E-state index is 11.0. The zero-order chi connectivity index (χ0) is 11.4. The van der Waals surface area contributed by atoms with Gasteiger partial charge in [-0.2, -0.15) is 0 Å². The van der Waals surface area contributed by atoms with Gasteiger partial charge in [0, 0.05) is 32.7 Å². The molecule has 0 aliphatic carbocycles. The summed E-state index contributed by atoms with van der Waals surface area (Å²) in [5, 5.41) is 5.92. The molecule has 0 spiro atoms. The van der Waals surface area contributed by atoms with Crippen molar-refractivity contribution in [1.82, 2.24) is 10.6 Å². The van der Waals surface area contributed by atoms with Gasteiger partial charge >= 0.3 is 0 Å². The molecule has 0 aromatic carbocycles. The normalized spacial score (nSPS) is 10.3. The molecular formula is C11H24N2O2. The van der Waals surface area contributed by atoms with Gasteiger partial charge in [0.25, 0.3) is 0 Å². The Labute approximate surface area is 92.8 Å². The molecule has 4 nitrogen and oxygen atoms in total. The van der Waals surface area contributed by atoms with Gasteiger partial charge < -0.3 is 15.4 Å². The third-order valence-electron chi connectivity index (χ3n) is 1.97. The lowest BCUT2D eigenvalue weighted by atomic mass is 10.4. The van der Waals surface area contributed by atoms with E-state index in [1.807, 2.05) is 6.92 Å². The monoisotopic (exact) mass is 216 g/mol. The molecule has 0 atom stereocenters. The van der Waals surface area contributed by atoms with Crippen molar-refractivity contribution in [3.05, 3.63) is 0 Å². The van der Waals surface area contributed by atoms with Crippen LogP contribution in [0.15, 0.2) is 0 Å². The van der Waals surface area contributed by atoms with E-state index in [0.717, 1.165) is 32.7 Å². The van der Waals surface area contributed by atoms with Crippen LogP contribution in [-0.4, -0.2) is 38.8 Å². The molecule has 4 heteroatoms. The van der Waals surface area contributed by atoms with E-state index < -0.39 is 0 Å². The molecule has 0 heterocycles. The van der Waals surface area contributed by atoms with E-state index in [4.69, 9.17) is 4.74 Å². The quantitative estimate of drug-likeness (QED) is 0.534. The molecule has 2 N–H and O–H groups in total. The van der Waals surface area contributed by atoms with Crippen LogP contribution in [0.2, 0.25) is 0 Å². The fourth-order valence-electron chi connectivity index (χ4n) is 1.11. The Balaban J connectivity index is 3.01. The number of ether oxygens (including phenoxy) is 1. The zero-order valence-corrected chi connectivity index (χ0v) is 9.97. The second kappa shape index (κ2) is 11.5. The van der Waals surface area contributed by atoms with Crippen LogP contribution in [0.3, 0.4) is 0 Å². The molecule has 1 amide bonds. The Morgan fingerprint density at radius 2 is 2.00 bits per heavy atom. The topological polar surface area (TPSA) is 50.4 Å². The van der Waals surface area contributed by atoms with Gasteiger partial charge in [0.05, 0.1) is 6.61 Å². The van der Waals surface area contributed by atoms with E-state index >= 15 is 0 Å². The minimum Gasteiger partial charge on any atom is -0.380 e. The third-order valence-corrected chi connectivity index (χ3v) is 1.97. The fourth-order valence-corrected chi connectivity index (χ4v) is 1.11. The highest BCUT2D eigenvalue weighted by Gasteiger charge is 1.97. The molecule has 90 valence electrons. The summed E-state index contributed by atoms with van der Waals surface area (Å²) < 4.78 is 5.37. The standard InChI is InChI=1S/C11H24N2O2/c1-3-5-9-15-10-8-12-7-6-11(14)13-4-2/h12H,3-10H2,1-2H3,(H,13,14). The lowest BCUT2D eigenvalue weighted by molar-refractivity contribution is -0.120. The van der Waals surface area contributed by atoms with E-state index in [2.05, 4.69) is 17.6 Å². The Bertz CT molecular complexity index is 152. The first-order chi connectivity index (χ1) is 7.31. The summed E-state index contributed by atoms with van der Waals surface area (Å²) in [6.45, 7) is 7.90. The molecule has 0 saturated carbocycles. The number of nitrogens with one attached hydrogen (secondary N) is 2. The average molecular weight is 216 g/mol. The minimum absolute atomic E-state index is 0.108. The van der Waals surface area contributed by atoms with Gasteiger partial charge in [0.1, 0.15) is 0 Å². The third kappa shape index (κ3) is 11.3. The molecule has 15 heavy (non-hydrogen) atoms. The van der Waals surface area contributed by atoms with Crippen molar-refractivity contribution in [2.45, 2.75) is 33.1 Å². The number of hydrogen-bond acceptors (Lipinski definition) is 3. The smallest absolute Gasteiger partial charge is 0.221 e.